The maximum absolute atomic E-state index is 2.43. The van der Waals surface area contributed by atoms with E-state index in [2.05, 4.69) is 218 Å². The lowest BCUT2D eigenvalue weighted by Gasteiger charge is -2.28. The molecule has 0 amide bonds. The number of thiophene rings is 1. The molecule has 9 aromatic rings. The third kappa shape index (κ3) is 5.39. The van der Waals surface area contributed by atoms with Crippen LogP contribution < -0.4 is 9.80 Å². The van der Waals surface area contributed by atoms with Gasteiger partial charge in [-0.3, -0.25) is 0 Å². The first-order chi connectivity index (χ1) is 26.5. The normalized spacial score (nSPS) is 12.8. The van der Waals surface area contributed by atoms with Crippen LogP contribution in [0.25, 0.3) is 42.4 Å². The Balaban J connectivity index is 1.10. The van der Waals surface area contributed by atoms with Gasteiger partial charge < -0.3 is 9.80 Å². The Hall–Kier alpha value is -6.42. The van der Waals surface area contributed by atoms with Crippen LogP contribution in [-0.4, -0.2) is 0 Å². The van der Waals surface area contributed by atoms with Crippen LogP contribution in [-0.2, 0) is 5.41 Å². The molecule has 0 radical (unpaired) electrons. The second-order valence-electron chi connectivity index (χ2n) is 14.6. The Morgan fingerprint density at radius 3 is 1.57 bits per heavy atom. The Labute approximate surface area is 320 Å². The first-order valence-corrected chi connectivity index (χ1v) is 19.4. The van der Waals surface area contributed by atoms with Crippen LogP contribution in [0.15, 0.2) is 194 Å². The molecule has 0 saturated carbocycles. The van der Waals surface area contributed by atoms with Gasteiger partial charge in [-0.25, -0.2) is 0 Å². The van der Waals surface area contributed by atoms with Gasteiger partial charge in [0, 0.05) is 59.7 Å². The predicted octanol–water partition coefficient (Wildman–Crippen LogP) is 15.0. The van der Waals surface area contributed by atoms with Crippen LogP contribution in [0.2, 0.25) is 0 Å². The summed E-state index contributed by atoms with van der Waals surface area (Å²) < 4.78 is 2.55. The van der Waals surface area contributed by atoms with Crippen molar-refractivity contribution in [1.29, 1.82) is 0 Å². The lowest BCUT2D eigenvalue weighted by Crippen LogP contribution is -2.16. The molecule has 54 heavy (non-hydrogen) atoms. The minimum atomic E-state index is -0.0920. The van der Waals surface area contributed by atoms with Gasteiger partial charge in [-0.15, -0.1) is 11.3 Å². The minimum absolute atomic E-state index is 0.0920. The van der Waals surface area contributed by atoms with Crippen LogP contribution in [0.1, 0.15) is 25.0 Å². The van der Waals surface area contributed by atoms with E-state index in [0.29, 0.717) is 0 Å². The summed E-state index contributed by atoms with van der Waals surface area (Å²) in [5, 5.41) is 2.54. The van der Waals surface area contributed by atoms with Crippen molar-refractivity contribution in [3.05, 3.63) is 205 Å². The largest absolute Gasteiger partial charge is 0.310 e. The highest BCUT2D eigenvalue weighted by atomic mass is 32.1. The average Bonchev–Trinajstić information content (AvgIpc) is 3.70. The van der Waals surface area contributed by atoms with E-state index in [9.17, 15) is 0 Å². The summed E-state index contributed by atoms with van der Waals surface area (Å²) in [6.45, 7) is 4.71. The third-order valence-electron chi connectivity index (χ3n) is 11.0. The summed E-state index contributed by atoms with van der Waals surface area (Å²) in [6, 6.07) is 70.7. The Bertz CT molecular complexity index is 2750. The number of para-hydroxylation sites is 2. The lowest BCUT2D eigenvalue weighted by atomic mass is 9.82. The molecule has 2 nitrogen and oxygen atoms in total. The molecule has 8 aromatic carbocycles. The van der Waals surface area contributed by atoms with Crippen molar-refractivity contribution in [2.45, 2.75) is 19.3 Å². The van der Waals surface area contributed by atoms with Gasteiger partial charge in [0.05, 0.1) is 0 Å². The summed E-state index contributed by atoms with van der Waals surface area (Å²) in [5.41, 5.74) is 14.6. The predicted molar refractivity (Wildman–Crippen MR) is 232 cm³/mol. The quantitative estimate of drug-likeness (QED) is 0.162. The van der Waals surface area contributed by atoms with Gasteiger partial charge in [0.2, 0.25) is 0 Å². The average molecular weight is 711 g/mol. The summed E-state index contributed by atoms with van der Waals surface area (Å²) >= 11 is 1.86. The Morgan fingerprint density at radius 1 is 0.352 bits per heavy atom. The van der Waals surface area contributed by atoms with Crippen molar-refractivity contribution in [3.8, 4) is 22.3 Å². The van der Waals surface area contributed by atoms with Gasteiger partial charge in [-0.05, 0) is 112 Å². The van der Waals surface area contributed by atoms with Crippen molar-refractivity contribution in [2.75, 3.05) is 9.80 Å². The maximum atomic E-state index is 2.43. The summed E-state index contributed by atoms with van der Waals surface area (Å²) in [5.74, 6) is 0. The van der Waals surface area contributed by atoms with Gasteiger partial charge in [0.25, 0.3) is 0 Å². The Kier molecular flexibility index (Phi) is 7.71. The van der Waals surface area contributed by atoms with Gasteiger partial charge in [0.1, 0.15) is 0 Å². The highest BCUT2D eigenvalue weighted by Crippen LogP contribution is 2.51. The molecule has 0 spiro atoms. The van der Waals surface area contributed by atoms with Crippen molar-refractivity contribution in [3.63, 3.8) is 0 Å². The van der Waals surface area contributed by atoms with Crippen LogP contribution >= 0.6 is 11.3 Å². The van der Waals surface area contributed by atoms with E-state index in [0.717, 1.165) is 34.1 Å². The topological polar surface area (TPSA) is 6.48 Å². The fourth-order valence-electron chi connectivity index (χ4n) is 8.35. The monoisotopic (exact) mass is 710 g/mol. The van der Waals surface area contributed by atoms with Crippen molar-refractivity contribution >= 4 is 65.6 Å². The zero-order valence-corrected chi connectivity index (χ0v) is 31.1. The maximum Gasteiger partial charge on any atom is 0.0476 e. The van der Waals surface area contributed by atoms with Crippen LogP contribution in [0, 0.1) is 0 Å². The molecule has 0 atom stereocenters. The number of hydrogen-bond acceptors (Lipinski definition) is 3. The van der Waals surface area contributed by atoms with E-state index in [4.69, 9.17) is 0 Å². The number of hydrogen-bond donors (Lipinski definition) is 0. The number of anilines is 6. The summed E-state index contributed by atoms with van der Waals surface area (Å²) in [4.78, 5) is 4.77. The van der Waals surface area contributed by atoms with E-state index in [1.54, 1.807) is 0 Å². The summed E-state index contributed by atoms with van der Waals surface area (Å²) in [7, 11) is 0. The summed E-state index contributed by atoms with van der Waals surface area (Å²) in [6.07, 6.45) is 0. The molecular weight excluding hydrogens is 673 g/mol. The molecule has 1 heterocycles. The zero-order valence-electron chi connectivity index (χ0n) is 30.3. The van der Waals surface area contributed by atoms with Crippen LogP contribution in [0.4, 0.5) is 34.1 Å². The van der Waals surface area contributed by atoms with Crippen molar-refractivity contribution in [2.24, 2.45) is 0 Å². The van der Waals surface area contributed by atoms with E-state index in [1.165, 1.54) is 53.6 Å². The SMILES string of the molecule is CC1(C)c2ccccc2-c2ccc(N(c3ccc(-c4ccccc4)cc3)c3ccc4c(c3)sc3ccc(N(c5ccccc5)c5ccccc5)cc34)cc21. The van der Waals surface area contributed by atoms with Crippen LogP contribution in [0.5, 0.6) is 0 Å². The van der Waals surface area contributed by atoms with Gasteiger partial charge in [-0.2, -0.15) is 0 Å². The van der Waals surface area contributed by atoms with E-state index in [1.807, 2.05) is 11.3 Å². The lowest BCUT2D eigenvalue weighted by molar-refractivity contribution is 0.660. The molecule has 10 rings (SSSR count). The molecule has 0 aliphatic heterocycles. The molecular formula is C51H38N2S. The molecule has 1 aromatic heterocycles. The van der Waals surface area contributed by atoms with Crippen LogP contribution in [0.3, 0.4) is 0 Å². The highest BCUT2D eigenvalue weighted by molar-refractivity contribution is 7.25. The third-order valence-corrected chi connectivity index (χ3v) is 12.2. The standard InChI is InChI=1S/C51H38N2S/c1-51(2)47-21-13-12-20-43(47)44-29-26-41(33-48(44)51)53(39-24-22-36(23-25-39)35-14-6-3-7-15-35)42-27-30-45-46-32-40(28-31-49(46)54-50(45)34-42)52(37-16-8-4-9-17-37)38-18-10-5-11-19-38/h3-34H,1-2H3. The molecule has 258 valence electrons. The van der Waals surface area contributed by atoms with E-state index in [-0.39, 0.29) is 5.41 Å². The molecule has 0 saturated heterocycles. The van der Waals surface area contributed by atoms with Crippen molar-refractivity contribution < 1.29 is 0 Å². The van der Waals surface area contributed by atoms with E-state index < -0.39 is 0 Å². The number of nitrogens with zero attached hydrogens (tertiary/aromatic N) is 2. The van der Waals surface area contributed by atoms with E-state index >= 15 is 0 Å². The first-order valence-electron chi connectivity index (χ1n) is 18.6. The van der Waals surface area contributed by atoms with Crippen molar-refractivity contribution in [1.82, 2.24) is 0 Å². The highest BCUT2D eigenvalue weighted by Gasteiger charge is 2.35. The molecule has 1 aliphatic rings. The first kappa shape index (κ1) is 32.2. The molecule has 0 N–H and O–H groups in total. The molecule has 0 unspecified atom stereocenters. The Morgan fingerprint density at radius 2 is 0.852 bits per heavy atom. The molecule has 1 aliphatic carbocycles. The second-order valence-corrected chi connectivity index (χ2v) is 15.7. The number of fused-ring (bicyclic) bond motifs is 6. The molecule has 0 bridgehead atoms. The van der Waals surface area contributed by atoms with Gasteiger partial charge in [-0.1, -0.05) is 129 Å². The molecule has 0 fully saturated rings. The smallest absolute Gasteiger partial charge is 0.0476 e. The number of rotatable bonds is 7. The second kappa shape index (κ2) is 12.9. The zero-order chi connectivity index (χ0) is 36.2. The fraction of sp³-hybridized carbons (Fsp3) is 0.0588. The number of benzene rings is 8. The molecule has 3 heteroatoms. The van der Waals surface area contributed by atoms with Gasteiger partial charge >= 0.3 is 0 Å². The fourth-order valence-corrected chi connectivity index (χ4v) is 9.47. The van der Waals surface area contributed by atoms with Gasteiger partial charge in [0.15, 0.2) is 0 Å². The minimum Gasteiger partial charge on any atom is -0.310 e.